The molecule has 0 unspecified atom stereocenters. The van der Waals surface area contributed by atoms with Crippen molar-refractivity contribution in [1.29, 1.82) is 0 Å². The van der Waals surface area contributed by atoms with Gasteiger partial charge in [0.25, 0.3) is 0 Å². The molecule has 2 aromatic carbocycles. The third-order valence-electron chi connectivity index (χ3n) is 4.44. The molecule has 0 aliphatic carbocycles. The summed E-state index contributed by atoms with van der Waals surface area (Å²) in [5.74, 6) is 0.980. The van der Waals surface area contributed by atoms with Crippen molar-refractivity contribution >= 4 is 10.8 Å². The Balaban J connectivity index is 1.46. The predicted molar refractivity (Wildman–Crippen MR) is 105 cm³/mol. The molecule has 0 aliphatic heterocycles. The number of nitrogens with one attached hydrogen (secondary N) is 1. The Morgan fingerprint density at radius 2 is 1.46 bits per heavy atom. The fraction of sp³-hybridized carbons (Fsp3) is 0.545. The van der Waals surface area contributed by atoms with E-state index in [1.807, 2.05) is 0 Å². The van der Waals surface area contributed by atoms with Gasteiger partial charge in [-0.3, -0.25) is 0 Å². The monoisotopic (exact) mass is 327 g/mol. The lowest BCUT2D eigenvalue weighted by Crippen LogP contribution is -2.17. The van der Waals surface area contributed by atoms with Crippen LogP contribution in [0.1, 0.15) is 58.3 Å². The average molecular weight is 328 g/mol. The Bertz CT molecular complexity index is 567. The Kier molecular flexibility index (Phi) is 9.33. The maximum atomic E-state index is 5.87. The lowest BCUT2D eigenvalue weighted by molar-refractivity contribution is 0.306. The van der Waals surface area contributed by atoms with Gasteiger partial charge in [0.05, 0.1) is 6.61 Å². The molecule has 0 radical (unpaired) electrons. The van der Waals surface area contributed by atoms with E-state index >= 15 is 0 Å². The molecule has 0 spiro atoms. The smallest absolute Gasteiger partial charge is 0.119 e. The van der Waals surface area contributed by atoms with Crippen molar-refractivity contribution in [1.82, 2.24) is 5.32 Å². The lowest BCUT2D eigenvalue weighted by Gasteiger charge is -2.08. The van der Waals surface area contributed by atoms with Crippen LogP contribution in [-0.4, -0.2) is 19.7 Å². The molecule has 2 aromatic rings. The quantitative estimate of drug-likeness (QED) is 0.459. The van der Waals surface area contributed by atoms with Crippen molar-refractivity contribution in [3.05, 3.63) is 42.5 Å². The van der Waals surface area contributed by atoms with E-state index in [9.17, 15) is 0 Å². The van der Waals surface area contributed by atoms with Gasteiger partial charge in [-0.05, 0) is 55.3 Å². The summed E-state index contributed by atoms with van der Waals surface area (Å²) >= 11 is 0. The van der Waals surface area contributed by atoms with E-state index in [1.54, 1.807) is 0 Å². The molecule has 0 atom stereocenters. The summed E-state index contributed by atoms with van der Waals surface area (Å²) in [6, 6.07) is 14.7. The summed E-state index contributed by atoms with van der Waals surface area (Å²) in [6.45, 7) is 5.34. The molecule has 2 heteroatoms. The number of unbranched alkanes of at least 4 members (excludes halogenated alkanes) is 6. The zero-order valence-electron chi connectivity index (χ0n) is 15.2. The van der Waals surface area contributed by atoms with E-state index in [0.717, 1.165) is 31.9 Å². The minimum Gasteiger partial charge on any atom is -0.494 e. The second-order valence-corrected chi connectivity index (χ2v) is 6.58. The van der Waals surface area contributed by atoms with Gasteiger partial charge in [0.2, 0.25) is 0 Å². The molecule has 0 bridgehead atoms. The summed E-state index contributed by atoms with van der Waals surface area (Å²) in [5.41, 5.74) is 0. The number of ether oxygens (including phenoxy) is 1. The van der Waals surface area contributed by atoms with Gasteiger partial charge < -0.3 is 10.1 Å². The first-order valence-electron chi connectivity index (χ1n) is 9.72. The first-order valence-corrected chi connectivity index (χ1v) is 9.72. The fourth-order valence-corrected chi connectivity index (χ4v) is 2.95. The Morgan fingerprint density at radius 3 is 2.29 bits per heavy atom. The van der Waals surface area contributed by atoms with Crippen LogP contribution in [0, 0.1) is 0 Å². The van der Waals surface area contributed by atoms with Crippen LogP contribution in [0.3, 0.4) is 0 Å². The van der Waals surface area contributed by atoms with Crippen molar-refractivity contribution in [2.45, 2.75) is 58.3 Å². The van der Waals surface area contributed by atoms with Crippen LogP contribution in [0.15, 0.2) is 42.5 Å². The van der Waals surface area contributed by atoms with Crippen molar-refractivity contribution in [2.75, 3.05) is 19.7 Å². The van der Waals surface area contributed by atoms with E-state index in [2.05, 4.69) is 54.7 Å². The summed E-state index contributed by atoms with van der Waals surface area (Å²) < 4.78 is 5.87. The summed E-state index contributed by atoms with van der Waals surface area (Å²) in [5, 5.41) is 6.06. The highest BCUT2D eigenvalue weighted by molar-refractivity contribution is 5.83. The van der Waals surface area contributed by atoms with Crippen molar-refractivity contribution in [2.24, 2.45) is 0 Å². The first kappa shape index (κ1) is 18.8. The predicted octanol–water partition coefficient (Wildman–Crippen LogP) is 5.95. The molecule has 0 amide bonds. The third kappa shape index (κ3) is 7.35. The second kappa shape index (κ2) is 11.9. The molecule has 24 heavy (non-hydrogen) atoms. The van der Waals surface area contributed by atoms with Gasteiger partial charge in [0.1, 0.15) is 5.75 Å². The van der Waals surface area contributed by atoms with E-state index in [-0.39, 0.29) is 0 Å². The van der Waals surface area contributed by atoms with Crippen molar-refractivity contribution in [3.63, 3.8) is 0 Å². The standard InChI is InChI=1S/C22H33NO/c1-2-3-4-5-6-9-16-23-17-10-11-18-24-22-15-14-20-12-7-8-13-21(20)19-22/h7-8,12-15,19,23H,2-6,9-11,16-18H2,1H3. The van der Waals surface area contributed by atoms with E-state index in [4.69, 9.17) is 4.74 Å². The van der Waals surface area contributed by atoms with Crippen LogP contribution in [0.5, 0.6) is 5.75 Å². The maximum absolute atomic E-state index is 5.87. The van der Waals surface area contributed by atoms with E-state index < -0.39 is 0 Å². The zero-order chi connectivity index (χ0) is 16.9. The second-order valence-electron chi connectivity index (χ2n) is 6.58. The SMILES string of the molecule is CCCCCCCCNCCCCOc1ccc2ccccc2c1. The van der Waals surface area contributed by atoms with Gasteiger partial charge in [0, 0.05) is 0 Å². The van der Waals surface area contributed by atoms with Crippen LogP contribution in [0.25, 0.3) is 10.8 Å². The molecule has 132 valence electrons. The number of rotatable bonds is 13. The highest BCUT2D eigenvalue weighted by atomic mass is 16.5. The van der Waals surface area contributed by atoms with Crippen LogP contribution in [-0.2, 0) is 0 Å². The average Bonchev–Trinajstić information content (AvgIpc) is 2.62. The molecule has 0 saturated carbocycles. The molecule has 0 heterocycles. The minimum atomic E-state index is 0.803. The number of hydrogen-bond donors (Lipinski definition) is 1. The maximum Gasteiger partial charge on any atom is 0.119 e. The van der Waals surface area contributed by atoms with Crippen molar-refractivity contribution < 1.29 is 4.74 Å². The molecule has 0 saturated heterocycles. The third-order valence-corrected chi connectivity index (χ3v) is 4.44. The molecule has 0 aliphatic rings. The molecule has 2 nitrogen and oxygen atoms in total. The highest BCUT2D eigenvalue weighted by Gasteiger charge is 1.97. The molecule has 1 N–H and O–H groups in total. The van der Waals surface area contributed by atoms with Crippen LogP contribution >= 0.6 is 0 Å². The molecular formula is C22H33NO. The van der Waals surface area contributed by atoms with Crippen LogP contribution in [0.4, 0.5) is 0 Å². The molecule has 0 aromatic heterocycles. The molecule has 0 fully saturated rings. The van der Waals surface area contributed by atoms with Gasteiger partial charge >= 0.3 is 0 Å². The fourth-order valence-electron chi connectivity index (χ4n) is 2.95. The zero-order valence-corrected chi connectivity index (χ0v) is 15.2. The lowest BCUT2D eigenvalue weighted by atomic mass is 10.1. The summed E-state index contributed by atoms with van der Waals surface area (Å²) in [4.78, 5) is 0. The molecular weight excluding hydrogens is 294 g/mol. The van der Waals surface area contributed by atoms with E-state index in [1.165, 1.54) is 55.7 Å². The Hall–Kier alpha value is -1.54. The highest BCUT2D eigenvalue weighted by Crippen LogP contribution is 2.20. The summed E-state index contributed by atoms with van der Waals surface area (Å²) in [6.07, 6.45) is 10.5. The first-order chi connectivity index (χ1) is 11.9. The Labute approximate surface area is 147 Å². The Morgan fingerprint density at radius 1 is 0.750 bits per heavy atom. The van der Waals surface area contributed by atoms with Gasteiger partial charge in [-0.15, -0.1) is 0 Å². The number of hydrogen-bond acceptors (Lipinski definition) is 2. The topological polar surface area (TPSA) is 21.3 Å². The number of fused-ring (bicyclic) bond motifs is 1. The largest absolute Gasteiger partial charge is 0.494 e. The number of benzene rings is 2. The van der Waals surface area contributed by atoms with E-state index in [0.29, 0.717) is 0 Å². The minimum absolute atomic E-state index is 0.803. The van der Waals surface area contributed by atoms with Gasteiger partial charge in [0.15, 0.2) is 0 Å². The van der Waals surface area contributed by atoms with Crippen LogP contribution in [0.2, 0.25) is 0 Å². The van der Waals surface area contributed by atoms with Gasteiger partial charge in [-0.25, -0.2) is 0 Å². The normalized spacial score (nSPS) is 11.0. The van der Waals surface area contributed by atoms with Gasteiger partial charge in [-0.1, -0.05) is 69.4 Å². The van der Waals surface area contributed by atoms with Crippen LogP contribution < -0.4 is 10.1 Å². The van der Waals surface area contributed by atoms with Crippen molar-refractivity contribution in [3.8, 4) is 5.75 Å². The van der Waals surface area contributed by atoms with Gasteiger partial charge in [-0.2, -0.15) is 0 Å². The molecule has 2 rings (SSSR count). The summed E-state index contributed by atoms with van der Waals surface area (Å²) in [7, 11) is 0.